The van der Waals surface area contributed by atoms with E-state index < -0.39 is 0 Å². The molecule has 0 atom stereocenters. The quantitative estimate of drug-likeness (QED) is 0.182. The number of allylic oxidation sites excluding steroid dienone is 1. The van der Waals surface area contributed by atoms with Gasteiger partial charge in [0.2, 0.25) is 0 Å². The van der Waals surface area contributed by atoms with Crippen LogP contribution in [-0.2, 0) is 6.42 Å². The van der Waals surface area contributed by atoms with E-state index in [2.05, 4.69) is 146 Å². The lowest BCUT2D eigenvalue weighted by Crippen LogP contribution is -1.94. The normalized spacial score (nSPS) is 13.2. The third-order valence-electron chi connectivity index (χ3n) is 10.5. The summed E-state index contributed by atoms with van der Waals surface area (Å²) >= 11 is 0. The molecule has 224 valence electrons. The minimum atomic E-state index is 0.861. The lowest BCUT2D eigenvalue weighted by Gasteiger charge is -2.18. The van der Waals surface area contributed by atoms with Gasteiger partial charge in [-0.3, -0.25) is 0 Å². The van der Waals surface area contributed by atoms with Crippen molar-refractivity contribution in [3.8, 4) is 22.3 Å². The van der Waals surface area contributed by atoms with E-state index in [0.717, 1.165) is 62.5 Å². The molecule has 1 aliphatic rings. The van der Waals surface area contributed by atoms with Crippen molar-refractivity contribution in [2.24, 2.45) is 0 Å². The Morgan fingerprint density at radius 2 is 1.02 bits per heavy atom. The van der Waals surface area contributed by atoms with Crippen LogP contribution in [0.5, 0.6) is 0 Å². The number of hydrogen-bond acceptors (Lipinski definition) is 2. The smallest absolute Gasteiger partial charge is 0.147 e. The van der Waals surface area contributed by atoms with Crippen molar-refractivity contribution in [2.45, 2.75) is 12.8 Å². The van der Waals surface area contributed by atoms with Crippen molar-refractivity contribution in [2.75, 3.05) is 0 Å². The Bertz CT molecular complexity index is 2930. The van der Waals surface area contributed by atoms with Gasteiger partial charge in [-0.2, -0.15) is 0 Å². The summed E-state index contributed by atoms with van der Waals surface area (Å²) in [5.74, 6) is 0. The zero-order valence-corrected chi connectivity index (χ0v) is 26.1. The second kappa shape index (κ2) is 9.70. The van der Waals surface area contributed by atoms with E-state index in [0.29, 0.717) is 0 Å². The fourth-order valence-corrected chi connectivity index (χ4v) is 8.46. The minimum absolute atomic E-state index is 0.861. The standard InChI is InChI=1S/C46H28O2/c1-2-14-29(15-3-1)40-32-18-8-10-20-34(32)43(35-21-11-9-19-33(35)40)44-45-36(41-30-16-6-4-12-27(30)22-24-38(41)47-45)26-37-42-31-17-7-5-13-28(31)23-25-39(42)48-46(37)44/h1-4,6-12,14-26H,5,13H2. The van der Waals surface area contributed by atoms with Gasteiger partial charge >= 0.3 is 0 Å². The Kier molecular flexibility index (Phi) is 5.25. The Balaban J connectivity index is 1.41. The van der Waals surface area contributed by atoms with Crippen LogP contribution in [0.15, 0.2) is 148 Å². The highest BCUT2D eigenvalue weighted by atomic mass is 16.3. The summed E-state index contributed by atoms with van der Waals surface area (Å²) in [4.78, 5) is 0. The van der Waals surface area contributed by atoms with Crippen LogP contribution in [0, 0.1) is 0 Å². The summed E-state index contributed by atoms with van der Waals surface area (Å²) in [7, 11) is 0. The molecule has 1 aliphatic carbocycles. The molecular formula is C46H28O2. The van der Waals surface area contributed by atoms with Crippen molar-refractivity contribution in [1.29, 1.82) is 0 Å². The largest absolute Gasteiger partial charge is 0.455 e. The van der Waals surface area contributed by atoms with Crippen molar-refractivity contribution < 1.29 is 8.83 Å². The summed E-state index contributed by atoms with van der Waals surface area (Å²) < 4.78 is 14.0. The number of hydrogen-bond donors (Lipinski definition) is 0. The maximum Gasteiger partial charge on any atom is 0.147 e. The Labute approximate surface area is 276 Å². The van der Waals surface area contributed by atoms with Gasteiger partial charge in [0.05, 0.1) is 5.56 Å². The average Bonchev–Trinajstić information content (AvgIpc) is 3.72. The third-order valence-corrected chi connectivity index (χ3v) is 10.5. The molecule has 0 saturated heterocycles. The Hall–Kier alpha value is -6.12. The van der Waals surface area contributed by atoms with Crippen LogP contribution in [0.2, 0.25) is 0 Å². The highest BCUT2D eigenvalue weighted by molar-refractivity contribution is 6.32. The summed E-state index contributed by atoms with van der Waals surface area (Å²) in [5.41, 5.74) is 10.8. The molecule has 2 heterocycles. The number of furan rings is 2. The average molecular weight is 613 g/mol. The van der Waals surface area contributed by atoms with Gasteiger partial charge in [-0.25, -0.2) is 0 Å². The van der Waals surface area contributed by atoms with Crippen LogP contribution in [0.1, 0.15) is 17.5 Å². The molecule has 0 aliphatic heterocycles. The lowest BCUT2D eigenvalue weighted by molar-refractivity contribution is 0.658. The van der Waals surface area contributed by atoms with E-state index in [4.69, 9.17) is 8.83 Å². The molecule has 8 aromatic carbocycles. The topological polar surface area (TPSA) is 26.3 Å². The van der Waals surface area contributed by atoms with Gasteiger partial charge in [0.1, 0.15) is 22.3 Å². The van der Waals surface area contributed by atoms with Crippen molar-refractivity contribution in [3.63, 3.8) is 0 Å². The van der Waals surface area contributed by atoms with E-state index in [1.165, 1.54) is 60.0 Å². The molecule has 11 rings (SSSR count). The number of fused-ring (bicyclic) bond motifs is 12. The molecular weight excluding hydrogens is 585 g/mol. The van der Waals surface area contributed by atoms with Crippen LogP contribution < -0.4 is 0 Å². The van der Waals surface area contributed by atoms with E-state index in [1.807, 2.05) is 0 Å². The van der Waals surface area contributed by atoms with Gasteiger partial charge in [0.25, 0.3) is 0 Å². The summed E-state index contributed by atoms with van der Waals surface area (Å²) in [5, 5.41) is 11.8. The third kappa shape index (κ3) is 3.47. The first-order chi connectivity index (χ1) is 23.8. The maximum absolute atomic E-state index is 7.01. The molecule has 0 N–H and O–H groups in total. The Morgan fingerprint density at radius 1 is 0.438 bits per heavy atom. The minimum Gasteiger partial charge on any atom is -0.455 e. The molecule has 2 aromatic heterocycles. The van der Waals surface area contributed by atoms with Crippen molar-refractivity contribution in [1.82, 2.24) is 0 Å². The zero-order chi connectivity index (χ0) is 31.3. The van der Waals surface area contributed by atoms with Crippen molar-refractivity contribution >= 4 is 82.3 Å². The molecule has 0 bridgehead atoms. The predicted octanol–water partition coefficient (Wildman–Crippen LogP) is 13.2. The first-order valence-electron chi connectivity index (χ1n) is 16.7. The molecule has 0 spiro atoms. The maximum atomic E-state index is 7.01. The van der Waals surface area contributed by atoms with Crippen LogP contribution in [0.25, 0.3) is 105 Å². The highest BCUT2D eigenvalue weighted by Crippen LogP contribution is 2.51. The number of benzene rings is 8. The van der Waals surface area contributed by atoms with Gasteiger partial charge in [-0.15, -0.1) is 0 Å². The fourth-order valence-electron chi connectivity index (χ4n) is 8.46. The lowest BCUT2D eigenvalue weighted by atomic mass is 9.84. The van der Waals surface area contributed by atoms with Gasteiger partial charge in [0, 0.05) is 27.1 Å². The van der Waals surface area contributed by atoms with Gasteiger partial charge < -0.3 is 8.83 Å². The van der Waals surface area contributed by atoms with Crippen LogP contribution >= 0.6 is 0 Å². The van der Waals surface area contributed by atoms with Gasteiger partial charge in [0.15, 0.2) is 0 Å². The first kappa shape index (κ1) is 26.0. The highest BCUT2D eigenvalue weighted by Gasteiger charge is 2.27. The molecule has 0 radical (unpaired) electrons. The molecule has 48 heavy (non-hydrogen) atoms. The summed E-state index contributed by atoms with van der Waals surface area (Å²) in [6.07, 6.45) is 6.69. The molecule has 0 fully saturated rings. The molecule has 10 aromatic rings. The van der Waals surface area contributed by atoms with E-state index >= 15 is 0 Å². The number of rotatable bonds is 2. The monoisotopic (exact) mass is 612 g/mol. The Morgan fingerprint density at radius 3 is 1.75 bits per heavy atom. The fraction of sp³-hybridized carbons (Fsp3) is 0.0435. The SMILES string of the molecule is C1=Cc2c(ccc3oc4c(-c5c6ccccc6c(-c6ccccc6)c6ccccc56)c5oc6ccc7ccccc7c6c5cc4c23)CC1. The first-order valence-corrected chi connectivity index (χ1v) is 16.7. The van der Waals surface area contributed by atoms with E-state index in [9.17, 15) is 0 Å². The van der Waals surface area contributed by atoms with E-state index in [-0.39, 0.29) is 0 Å². The van der Waals surface area contributed by atoms with Crippen molar-refractivity contribution in [3.05, 3.63) is 151 Å². The van der Waals surface area contributed by atoms with Crippen LogP contribution in [0.4, 0.5) is 0 Å². The summed E-state index contributed by atoms with van der Waals surface area (Å²) in [6.45, 7) is 0. The van der Waals surface area contributed by atoms with Gasteiger partial charge in [-0.05, 0) is 85.6 Å². The van der Waals surface area contributed by atoms with Crippen LogP contribution in [0.3, 0.4) is 0 Å². The molecule has 2 heteroatoms. The van der Waals surface area contributed by atoms with Crippen LogP contribution in [-0.4, -0.2) is 0 Å². The second-order valence-electron chi connectivity index (χ2n) is 13.0. The number of aryl methyl sites for hydroxylation is 1. The predicted molar refractivity (Wildman–Crippen MR) is 202 cm³/mol. The molecule has 0 saturated carbocycles. The molecule has 2 nitrogen and oxygen atoms in total. The van der Waals surface area contributed by atoms with E-state index in [1.54, 1.807) is 0 Å². The molecule has 0 unspecified atom stereocenters. The molecule has 0 amide bonds. The summed E-state index contributed by atoms with van der Waals surface area (Å²) in [6, 6.07) is 48.1. The second-order valence-corrected chi connectivity index (χ2v) is 13.0. The zero-order valence-electron chi connectivity index (χ0n) is 26.1. The van der Waals surface area contributed by atoms with Gasteiger partial charge in [-0.1, -0.05) is 127 Å².